The highest BCUT2D eigenvalue weighted by atomic mass is 16.3. The number of aliphatic hydroxyl groups is 1. The first kappa shape index (κ1) is 16.9. The number of carbonyl (C=O) groups excluding carboxylic acids is 1. The van der Waals surface area contributed by atoms with Crippen LogP contribution in [0.5, 0.6) is 0 Å². The van der Waals surface area contributed by atoms with Crippen LogP contribution >= 0.6 is 0 Å². The molecule has 1 aliphatic heterocycles. The lowest BCUT2D eigenvalue weighted by Gasteiger charge is -2.31. The second kappa shape index (κ2) is 6.91. The number of fused-ring (bicyclic) bond motifs is 1. The van der Waals surface area contributed by atoms with Crippen LogP contribution in [0.4, 0.5) is 0 Å². The molecule has 3 N–H and O–H groups in total. The van der Waals surface area contributed by atoms with Gasteiger partial charge in [-0.3, -0.25) is 4.79 Å². The van der Waals surface area contributed by atoms with Crippen molar-refractivity contribution in [3.63, 3.8) is 0 Å². The van der Waals surface area contributed by atoms with E-state index < -0.39 is 6.10 Å². The fourth-order valence-electron chi connectivity index (χ4n) is 3.44. The summed E-state index contributed by atoms with van der Waals surface area (Å²) < 4.78 is 2.02. The third kappa shape index (κ3) is 3.60. The third-order valence-corrected chi connectivity index (χ3v) is 5.10. The van der Waals surface area contributed by atoms with Crippen molar-refractivity contribution in [1.29, 1.82) is 0 Å². The zero-order valence-electron chi connectivity index (χ0n) is 14.4. The van der Waals surface area contributed by atoms with Crippen LogP contribution < -0.4 is 5.73 Å². The Morgan fingerprint density at radius 2 is 1.96 bits per heavy atom. The molecule has 0 aliphatic carbocycles. The number of aromatic nitrogens is 2. The van der Waals surface area contributed by atoms with E-state index in [1.54, 1.807) is 6.33 Å². The Hall–Kier alpha value is -1.92. The van der Waals surface area contributed by atoms with Gasteiger partial charge in [0.2, 0.25) is 5.91 Å². The molecule has 3 rings (SSSR count). The molecule has 0 radical (unpaired) electrons. The average molecular weight is 330 g/mol. The van der Waals surface area contributed by atoms with E-state index in [2.05, 4.69) is 35.9 Å². The number of hydrogen-bond donors (Lipinski definition) is 2. The maximum absolute atomic E-state index is 11.2. The molecule has 1 aromatic carbocycles. The normalized spacial score (nSPS) is 18.1. The minimum atomic E-state index is -0.464. The zero-order valence-corrected chi connectivity index (χ0v) is 14.4. The van der Waals surface area contributed by atoms with Gasteiger partial charge in [-0.1, -0.05) is 0 Å². The molecule has 130 valence electrons. The van der Waals surface area contributed by atoms with Crippen LogP contribution in [-0.4, -0.2) is 51.2 Å². The van der Waals surface area contributed by atoms with Crippen LogP contribution in [0.1, 0.15) is 24.0 Å². The molecule has 6 heteroatoms. The van der Waals surface area contributed by atoms with Crippen molar-refractivity contribution in [2.45, 2.75) is 39.3 Å². The number of imidazole rings is 1. The number of likely N-dealkylation sites (tertiary alicyclic amines) is 1. The summed E-state index contributed by atoms with van der Waals surface area (Å²) in [4.78, 5) is 17.9. The Labute approximate surface area is 142 Å². The van der Waals surface area contributed by atoms with Crippen LogP contribution in [-0.2, 0) is 11.3 Å². The van der Waals surface area contributed by atoms with Crippen molar-refractivity contribution in [3.8, 4) is 0 Å². The molecule has 2 heterocycles. The molecular formula is C18H26N4O2. The van der Waals surface area contributed by atoms with Crippen molar-refractivity contribution in [2.75, 3.05) is 19.6 Å². The number of rotatable bonds is 5. The molecule has 1 saturated heterocycles. The number of aliphatic hydroxyl groups excluding tert-OH is 1. The van der Waals surface area contributed by atoms with E-state index in [0.29, 0.717) is 13.1 Å². The monoisotopic (exact) mass is 330 g/mol. The number of carbonyl (C=O) groups is 1. The molecule has 1 fully saturated rings. The zero-order chi connectivity index (χ0) is 17.3. The van der Waals surface area contributed by atoms with Crippen LogP contribution in [0.3, 0.4) is 0 Å². The molecule has 1 aromatic heterocycles. The lowest BCUT2D eigenvalue weighted by Crippen LogP contribution is -2.42. The van der Waals surface area contributed by atoms with Gasteiger partial charge in [0.15, 0.2) is 0 Å². The summed E-state index contributed by atoms with van der Waals surface area (Å²) in [5.41, 5.74) is 9.84. The number of aryl methyl sites for hydroxylation is 2. The number of benzene rings is 1. The van der Waals surface area contributed by atoms with Gasteiger partial charge in [-0.2, -0.15) is 0 Å². The fourth-order valence-corrected chi connectivity index (χ4v) is 3.44. The largest absolute Gasteiger partial charge is 0.390 e. The predicted molar refractivity (Wildman–Crippen MR) is 93.6 cm³/mol. The quantitative estimate of drug-likeness (QED) is 0.863. The molecule has 6 nitrogen and oxygen atoms in total. The van der Waals surface area contributed by atoms with E-state index in [4.69, 9.17) is 5.73 Å². The maximum Gasteiger partial charge on any atom is 0.220 e. The van der Waals surface area contributed by atoms with Gasteiger partial charge in [0.25, 0.3) is 0 Å². The highest BCUT2D eigenvalue weighted by Crippen LogP contribution is 2.20. The van der Waals surface area contributed by atoms with E-state index in [9.17, 15) is 9.90 Å². The number of piperidine rings is 1. The van der Waals surface area contributed by atoms with E-state index in [1.807, 2.05) is 4.57 Å². The summed E-state index contributed by atoms with van der Waals surface area (Å²) in [5.74, 6) is -0.215. The maximum atomic E-state index is 11.2. The summed E-state index contributed by atoms with van der Waals surface area (Å²) in [7, 11) is 0. The highest BCUT2D eigenvalue weighted by Gasteiger charge is 2.24. The lowest BCUT2D eigenvalue weighted by molar-refractivity contribution is -0.123. The van der Waals surface area contributed by atoms with Gasteiger partial charge < -0.3 is 20.3 Å². The first-order chi connectivity index (χ1) is 11.4. The minimum absolute atomic E-state index is 0.0119. The second-order valence-corrected chi connectivity index (χ2v) is 6.95. The Balaban J connectivity index is 1.60. The van der Waals surface area contributed by atoms with Gasteiger partial charge in [0.1, 0.15) is 0 Å². The Morgan fingerprint density at radius 1 is 1.29 bits per heavy atom. The molecule has 2 aromatic rings. The number of nitrogens with zero attached hydrogens (tertiary/aromatic N) is 3. The SMILES string of the molecule is Cc1cc2ncn(C[C@@H](O)CN3CCC(C(N)=O)CC3)c2cc1C. The van der Waals surface area contributed by atoms with Crippen LogP contribution in [0.25, 0.3) is 11.0 Å². The molecule has 1 aliphatic rings. The summed E-state index contributed by atoms with van der Waals surface area (Å²) in [6.45, 7) is 6.93. The summed E-state index contributed by atoms with van der Waals surface area (Å²) >= 11 is 0. The Morgan fingerprint density at radius 3 is 2.62 bits per heavy atom. The van der Waals surface area contributed by atoms with Crippen LogP contribution in [0, 0.1) is 19.8 Å². The van der Waals surface area contributed by atoms with Crippen LogP contribution in [0.15, 0.2) is 18.5 Å². The second-order valence-electron chi connectivity index (χ2n) is 6.95. The number of primary amides is 1. The molecule has 1 amide bonds. The van der Waals surface area contributed by atoms with Gasteiger partial charge in [0.05, 0.1) is 30.0 Å². The van der Waals surface area contributed by atoms with Gasteiger partial charge in [0, 0.05) is 12.5 Å². The molecule has 24 heavy (non-hydrogen) atoms. The number of nitrogens with two attached hydrogens (primary N) is 1. The fraction of sp³-hybridized carbons (Fsp3) is 0.556. The van der Waals surface area contributed by atoms with Gasteiger partial charge in [-0.15, -0.1) is 0 Å². The molecule has 0 spiro atoms. The first-order valence-corrected chi connectivity index (χ1v) is 8.56. The standard InChI is InChI=1S/C18H26N4O2/c1-12-7-16-17(8-13(12)2)22(11-20-16)10-15(23)9-21-5-3-14(4-6-21)18(19)24/h7-8,11,14-15,23H,3-6,9-10H2,1-2H3,(H2,19,24)/t15-/m0/s1. The van der Waals surface area contributed by atoms with Gasteiger partial charge >= 0.3 is 0 Å². The Kier molecular flexibility index (Phi) is 4.87. The topological polar surface area (TPSA) is 84.4 Å². The number of hydrogen-bond acceptors (Lipinski definition) is 4. The summed E-state index contributed by atoms with van der Waals surface area (Å²) in [5, 5.41) is 10.4. The van der Waals surface area contributed by atoms with Crippen LogP contribution in [0.2, 0.25) is 0 Å². The Bertz CT molecular complexity index is 732. The van der Waals surface area contributed by atoms with Crippen molar-refractivity contribution < 1.29 is 9.90 Å². The van der Waals surface area contributed by atoms with Crippen molar-refractivity contribution in [2.24, 2.45) is 11.7 Å². The average Bonchev–Trinajstić information content (AvgIpc) is 2.90. The molecule has 0 bridgehead atoms. The van der Waals surface area contributed by atoms with Crippen molar-refractivity contribution in [3.05, 3.63) is 29.6 Å². The molecule has 0 saturated carbocycles. The van der Waals surface area contributed by atoms with Crippen molar-refractivity contribution >= 4 is 16.9 Å². The van der Waals surface area contributed by atoms with E-state index in [-0.39, 0.29) is 11.8 Å². The van der Waals surface area contributed by atoms with E-state index in [1.165, 1.54) is 11.1 Å². The predicted octanol–water partition coefficient (Wildman–Crippen LogP) is 1.21. The highest BCUT2D eigenvalue weighted by molar-refractivity contribution is 5.77. The summed E-state index contributed by atoms with van der Waals surface area (Å²) in [6.07, 6.45) is 2.91. The van der Waals surface area contributed by atoms with Crippen molar-refractivity contribution in [1.82, 2.24) is 14.5 Å². The smallest absolute Gasteiger partial charge is 0.220 e. The minimum Gasteiger partial charge on any atom is -0.390 e. The number of amides is 1. The molecular weight excluding hydrogens is 304 g/mol. The van der Waals surface area contributed by atoms with Gasteiger partial charge in [-0.25, -0.2) is 4.98 Å². The van der Waals surface area contributed by atoms with E-state index >= 15 is 0 Å². The third-order valence-electron chi connectivity index (χ3n) is 5.10. The lowest BCUT2D eigenvalue weighted by atomic mass is 9.96. The summed E-state index contributed by atoms with van der Waals surface area (Å²) in [6, 6.07) is 4.21. The molecule has 0 unspecified atom stereocenters. The number of β-amino-alcohol motifs (C(OH)–C–C–N with tert-alkyl or cyclic N) is 1. The molecule has 1 atom stereocenters. The van der Waals surface area contributed by atoms with Gasteiger partial charge in [-0.05, 0) is 63.0 Å². The first-order valence-electron chi connectivity index (χ1n) is 8.56. The van der Waals surface area contributed by atoms with E-state index in [0.717, 1.165) is 37.0 Å².